The first-order valence-electron chi connectivity index (χ1n) is 6.59. The normalized spacial score (nSPS) is 11.0. The Morgan fingerprint density at radius 2 is 2.19 bits per heavy atom. The Kier molecular flexibility index (Phi) is 5.03. The molecule has 0 radical (unpaired) electrons. The zero-order chi connectivity index (χ0) is 15.6. The molecule has 3 N–H and O–H groups in total. The summed E-state index contributed by atoms with van der Waals surface area (Å²) < 4.78 is 4.95. The maximum atomic E-state index is 12.2. The zero-order valence-electron chi connectivity index (χ0n) is 12.2. The van der Waals surface area contributed by atoms with E-state index < -0.39 is 0 Å². The maximum absolute atomic E-state index is 12.2. The fourth-order valence-corrected chi connectivity index (χ4v) is 3.38. The minimum absolute atomic E-state index is 0.181. The molecule has 0 unspecified atom stereocenters. The van der Waals surface area contributed by atoms with Crippen molar-refractivity contribution in [3.8, 4) is 0 Å². The molecule has 5 nitrogen and oxygen atoms in total. The highest BCUT2D eigenvalue weighted by Gasteiger charge is 2.20. The number of hydrogen-bond donors (Lipinski definition) is 2. The molecule has 114 valence electrons. The van der Waals surface area contributed by atoms with Gasteiger partial charge in [-0.3, -0.25) is 4.79 Å². The molecule has 0 aliphatic heterocycles. The van der Waals surface area contributed by atoms with E-state index in [-0.39, 0.29) is 5.91 Å². The van der Waals surface area contributed by atoms with E-state index >= 15 is 0 Å². The van der Waals surface area contributed by atoms with Crippen LogP contribution in [-0.2, 0) is 4.74 Å². The fraction of sp³-hybridized carbons (Fsp3) is 0.429. The van der Waals surface area contributed by atoms with E-state index in [0.717, 1.165) is 27.9 Å². The molecule has 0 spiro atoms. The Hall–Kier alpha value is -1.37. The summed E-state index contributed by atoms with van der Waals surface area (Å²) in [5, 5.41) is 4.21. The third-order valence-corrected chi connectivity index (χ3v) is 4.89. The van der Waals surface area contributed by atoms with Crippen LogP contribution >= 0.6 is 22.9 Å². The molecular formula is C14H18ClN3O2S. The molecule has 21 heavy (non-hydrogen) atoms. The predicted octanol–water partition coefficient (Wildman–Crippen LogP) is 2.92. The van der Waals surface area contributed by atoms with Gasteiger partial charge in [-0.05, 0) is 25.8 Å². The lowest BCUT2D eigenvalue weighted by molar-refractivity contribution is 0.0953. The maximum Gasteiger partial charge on any atom is 0.263 e. The smallest absolute Gasteiger partial charge is 0.263 e. The second-order valence-electron chi connectivity index (χ2n) is 4.76. The molecule has 0 saturated carbocycles. The average Bonchev–Trinajstić information content (AvgIpc) is 2.78. The largest absolute Gasteiger partial charge is 0.397 e. The van der Waals surface area contributed by atoms with Gasteiger partial charge in [-0.2, -0.15) is 0 Å². The highest BCUT2D eigenvalue weighted by Crippen LogP contribution is 2.38. The van der Waals surface area contributed by atoms with Crippen molar-refractivity contribution in [3.05, 3.63) is 21.2 Å². The lowest BCUT2D eigenvalue weighted by Crippen LogP contribution is -2.25. The summed E-state index contributed by atoms with van der Waals surface area (Å²) >= 11 is 7.50. The number of ether oxygens (including phenoxy) is 1. The number of carbonyl (C=O) groups excluding carboxylic acids is 1. The number of thiophene rings is 1. The first-order valence-corrected chi connectivity index (χ1v) is 7.78. The molecule has 0 bridgehead atoms. The number of halogens is 1. The molecule has 2 rings (SSSR count). The van der Waals surface area contributed by atoms with Crippen LogP contribution in [-0.4, -0.2) is 31.2 Å². The van der Waals surface area contributed by atoms with Crippen LogP contribution in [0.4, 0.5) is 5.69 Å². The first kappa shape index (κ1) is 16.0. The Bertz CT molecular complexity index is 685. The van der Waals surface area contributed by atoms with E-state index in [1.165, 1.54) is 11.3 Å². The van der Waals surface area contributed by atoms with Crippen LogP contribution in [0.3, 0.4) is 0 Å². The second kappa shape index (κ2) is 6.60. The third-order valence-electron chi connectivity index (χ3n) is 3.23. The van der Waals surface area contributed by atoms with Crippen LogP contribution in [0.5, 0.6) is 0 Å². The van der Waals surface area contributed by atoms with Crippen molar-refractivity contribution in [1.82, 2.24) is 10.3 Å². The molecule has 2 aromatic rings. The zero-order valence-corrected chi connectivity index (χ0v) is 13.8. The summed E-state index contributed by atoms with van der Waals surface area (Å²) in [4.78, 5) is 17.8. The van der Waals surface area contributed by atoms with Crippen molar-refractivity contribution in [2.45, 2.75) is 20.3 Å². The van der Waals surface area contributed by atoms with Crippen molar-refractivity contribution in [1.29, 1.82) is 0 Å². The third kappa shape index (κ3) is 3.12. The molecule has 0 fully saturated rings. The Morgan fingerprint density at radius 1 is 1.48 bits per heavy atom. The molecule has 0 aliphatic rings. The number of nitrogens with two attached hydrogens (primary N) is 1. The van der Waals surface area contributed by atoms with Gasteiger partial charge in [-0.25, -0.2) is 4.98 Å². The van der Waals surface area contributed by atoms with E-state index in [1.54, 1.807) is 7.11 Å². The number of fused-ring (bicyclic) bond motifs is 1. The van der Waals surface area contributed by atoms with Gasteiger partial charge in [0.2, 0.25) is 0 Å². The molecule has 0 atom stereocenters. The van der Waals surface area contributed by atoms with Crippen LogP contribution in [0.1, 0.15) is 27.3 Å². The Labute approximate surface area is 132 Å². The monoisotopic (exact) mass is 327 g/mol. The van der Waals surface area contributed by atoms with Crippen LogP contribution < -0.4 is 11.1 Å². The van der Waals surface area contributed by atoms with Crippen molar-refractivity contribution < 1.29 is 9.53 Å². The summed E-state index contributed by atoms with van der Waals surface area (Å²) in [6.07, 6.45) is 0.759. The van der Waals surface area contributed by atoms with E-state index in [9.17, 15) is 4.79 Å². The number of aromatic nitrogens is 1. The number of anilines is 1. The number of nitrogens with zero attached hydrogens (tertiary/aromatic N) is 1. The summed E-state index contributed by atoms with van der Waals surface area (Å²) in [6.45, 7) is 4.89. The van der Waals surface area contributed by atoms with Gasteiger partial charge < -0.3 is 15.8 Å². The number of pyridine rings is 1. The number of nitrogen functional groups attached to an aromatic ring is 1. The van der Waals surface area contributed by atoms with Crippen molar-refractivity contribution in [3.63, 3.8) is 0 Å². The highest BCUT2D eigenvalue weighted by atomic mass is 35.5. The SMILES string of the molecule is COCCCNC(=O)c1sc2nc(C)c(Cl)c(C)c2c1N. The minimum atomic E-state index is -0.181. The lowest BCUT2D eigenvalue weighted by atomic mass is 10.1. The number of amides is 1. The van der Waals surface area contributed by atoms with Gasteiger partial charge in [-0.15, -0.1) is 11.3 Å². The standard InChI is InChI=1S/C14H18ClN3O2S/c1-7-9-11(16)12(13(19)17-5-4-6-20-3)21-14(9)18-8(2)10(7)15/h4-6,16H2,1-3H3,(H,17,19). The molecule has 0 aromatic carbocycles. The molecule has 2 heterocycles. The van der Waals surface area contributed by atoms with Gasteiger partial charge in [0.1, 0.15) is 9.71 Å². The topological polar surface area (TPSA) is 77.2 Å². The Balaban J connectivity index is 2.31. The number of hydrogen-bond acceptors (Lipinski definition) is 5. The fourth-order valence-electron chi connectivity index (χ4n) is 2.12. The molecule has 1 amide bonds. The van der Waals surface area contributed by atoms with Gasteiger partial charge >= 0.3 is 0 Å². The van der Waals surface area contributed by atoms with Crippen LogP contribution in [0.2, 0.25) is 5.02 Å². The van der Waals surface area contributed by atoms with Crippen molar-refractivity contribution in [2.75, 3.05) is 26.0 Å². The summed E-state index contributed by atoms with van der Waals surface area (Å²) in [7, 11) is 1.63. The van der Waals surface area contributed by atoms with Crippen LogP contribution in [0.25, 0.3) is 10.2 Å². The molecular weight excluding hydrogens is 310 g/mol. The van der Waals surface area contributed by atoms with Crippen LogP contribution in [0.15, 0.2) is 0 Å². The summed E-state index contributed by atoms with van der Waals surface area (Å²) in [5.41, 5.74) is 8.18. The molecule has 0 aliphatic carbocycles. The summed E-state index contributed by atoms with van der Waals surface area (Å²) in [6, 6.07) is 0. The van der Waals surface area contributed by atoms with Crippen molar-refractivity contribution in [2.24, 2.45) is 0 Å². The molecule has 2 aromatic heterocycles. The van der Waals surface area contributed by atoms with Crippen LogP contribution in [0, 0.1) is 13.8 Å². The van der Waals surface area contributed by atoms with E-state index in [0.29, 0.717) is 28.7 Å². The quantitative estimate of drug-likeness (QED) is 0.828. The van der Waals surface area contributed by atoms with E-state index in [4.69, 9.17) is 22.1 Å². The number of methoxy groups -OCH3 is 1. The minimum Gasteiger partial charge on any atom is -0.397 e. The van der Waals surface area contributed by atoms with Crippen molar-refractivity contribution >= 4 is 44.7 Å². The summed E-state index contributed by atoms with van der Waals surface area (Å²) in [5.74, 6) is -0.181. The highest BCUT2D eigenvalue weighted by molar-refractivity contribution is 7.21. The van der Waals surface area contributed by atoms with E-state index in [2.05, 4.69) is 10.3 Å². The van der Waals surface area contributed by atoms with Gasteiger partial charge in [-0.1, -0.05) is 11.6 Å². The van der Waals surface area contributed by atoms with Gasteiger partial charge in [0.15, 0.2) is 0 Å². The molecule has 0 saturated heterocycles. The number of carbonyl (C=O) groups is 1. The van der Waals surface area contributed by atoms with E-state index in [1.807, 2.05) is 13.8 Å². The first-order chi connectivity index (χ1) is 9.97. The molecule has 7 heteroatoms. The number of aryl methyl sites for hydroxylation is 2. The number of rotatable bonds is 5. The van der Waals surface area contributed by atoms with Gasteiger partial charge in [0, 0.05) is 25.6 Å². The predicted molar refractivity (Wildman–Crippen MR) is 87.3 cm³/mol. The van der Waals surface area contributed by atoms with Gasteiger partial charge in [0.05, 0.1) is 16.4 Å². The number of nitrogens with one attached hydrogen (secondary N) is 1. The Morgan fingerprint density at radius 3 is 2.86 bits per heavy atom. The second-order valence-corrected chi connectivity index (χ2v) is 6.14. The van der Waals surface area contributed by atoms with Gasteiger partial charge in [0.25, 0.3) is 5.91 Å². The lowest BCUT2D eigenvalue weighted by Gasteiger charge is -2.05. The average molecular weight is 328 g/mol.